The van der Waals surface area contributed by atoms with E-state index in [0.29, 0.717) is 0 Å². The molecule has 8 heteroatoms. The summed E-state index contributed by atoms with van der Waals surface area (Å²) in [4.78, 5) is 11.5. The second kappa shape index (κ2) is 5.17. The normalized spacial score (nSPS) is 23.5. The summed E-state index contributed by atoms with van der Waals surface area (Å²) < 4.78 is 38.7. The molecule has 1 atom stereocenters. The molecular weight excluding hydrogens is 263 g/mol. The minimum atomic E-state index is -5.03. The van der Waals surface area contributed by atoms with E-state index < -0.39 is 30.7 Å². The molecule has 0 spiro atoms. The summed E-state index contributed by atoms with van der Waals surface area (Å²) in [5.41, 5.74) is -3.24. The number of hydrogen-bond acceptors (Lipinski definition) is 4. The maximum Gasteiger partial charge on any atom is 0.438 e. The molecule has 0 radical (unpaired) electrons. The van der Waals surface area contributed by atoms with Crippen molar-refractivity contribution in [2.75, 3.05) is 0 Å². The fourth-order valence-corrected chi connectivity index (χ4v) is 1.83. The average Bonchev–Trinajstić information content (AvgIpc) is 2.55. The fourth-order valence-electron chi connectivity index (χ4n) is 1.83. The van der Waals surface area contributed by atoms with Gasteiger partial charge in [-0.15, -0.1) is 0 Å². The fraction of sp³-hybridized carbons (Fsp3) is 0.727. The topological polar surface area (TPSA) is 76.7 Å². The number of aliphatic hydroxyl groups is 1. The van der Waals surface area contributed by atoms with Crippen molar-refractivity contribution < 1.29 is 23.1 Å². The third-order valence-corrected chi connectivity index (χ3v) is 2.61. The van der Waals surface area contributed by atoms with Crippen LogP contribution in [0.4, 0.5) is 13.2 Å². The summed E-state index contributed by atoms with van der Waals surface area (Å²) in [6.07, 6.45) is -6.32. The number of nitriles is 1. The molecule has 0 saturated heterocycles. The molecule has 0 fully saturated rings. The molecule has 1 amide bonds. The third kappa shape index (κ3) is 3.04. The van der Waals surface area contributed by atoms with E-state index in [-0.39, 0.29) is 23.1 Å². The van der Waals surface area contributed by atoms with Crippen LogP contribution in [0.2, 0.25) is 0 Å². The molecule has 0 aromatic heterocycles. The molecule has 0 aromatic carbocycles. The smallest absolute Gasteiger partial charge is 0.362 e. The molecule has 0 bridgehead atoms. The number of amides is 1. The van der Waals surface area contributed by atoms with Crippen LogP contribution in [0.25, 0.3) is 0 Å². The number of carbonyl (C=O) groups excluding carboxylic acids is 1. The molecular formula is C11H14F3N3O2. The van der Waals surface area contributed by atoms with Crippen LogP contribution in [-0.2, 0) is 4.79 Å². The van der Waals surface area contributed by atoms with Gasteiger partial charge in [0.05, 0.1) is 6.07 Å². The molecule has 0 aromatic rings. The number of rotatable bonds is 3. The predicted molar refractivity (Wildman–Crippen MR) is 59.6 cm³/mol. The Morgan fingerprint density at radius 3 is 2.63 bits per heavy atom. The Hall–Kier alpha value is -1.62. The first-order valence-electron chi connectivity index (χ1n) is 5.67. The van der Waals surface area contributed by atoms with Gasteiger partial charge < -0.3 is 5.11 Å². The van der Waals surface area contributed by atoms with Crippen LogP contribution in [0, 0.1) is 17.2 Å². The van der Waals surface area contributed by atoms with Gasteiger partial charge in [0.1, 0.15) is 6.42 Å². The molecule has 0 saturated carbocycles. The van der Waals surface area contributed by atoms with Crippen molar-refractivity contribution >= 4 is 11.6 Å². The lowest BCUT2D eigenvalue weighted by Crippen LogP contribution is -2.56. The molecule has 1 aliphatic rings. The minimum Gasteiger partial charge on any atom is -0.362 e. The first-order chi connectivity index (χ1) is 8.61. The van der Waals surface area contributed by atoms with Crippen LogP contribution >= 0.6 is 0 Å². The van der Waals surface area contributed by atoms with Crippen LogP contribution in [0.3, 0.4) is 0 Å². The molecule has 5 nitrogen and oxygen atoms in total. The maximum atomic E-state index is 12.9. The van der Waals surface area contributed by atoms with Gasteiger partial charge in [0.2, 0.25) is 0 Å². The minimum absolute atomic E-state index is 0.00602. The Balaban J connectivity index is 3.07. The van der Waals surface area contributed by atoms with E-state index >= 15 is 0 Å². The highest BCUT2D eigenvalue weighted by Crippen LogP contribution is 2.41. The van der Waals surface area contributed by atoms with Crippen molar-refractivity contribution in [3.05, 3.63) is 0 Å². The number of nitrogens with zero attached hydrogens (tertiary/aromatic N) is 3. The van der Waals surface area contributed by atoms with Gasteiger partial charge in [0.25, 0.3) is 11.6 Å². The van der Waals surface area contributed by atoms with Gasteiger partial charge in [0, 0.05) is 12.1 Å². The Labute approximate surface area is 108 Å². The lowest BCUT2D eigenvalue weighted by Gasteiger charge is -2.32. The van der Waals surface area contributed by atoms with Crippen molar-refractivity contribution in [3.63, 3.8) is 0 Å². The van der Waals surface area contributed by atoms with Gasteiger partial charge >= 0.3 is 6.18 Å². The Morgan fingerprint density at radius 1 is 1.63 bits per heavy atom. The lowest BCUT2D eigenvalue weighted by atomic mass is 9.99. The molecule has 1 aliphatic heterocycles. The Bertz CT molecular complexity index is 439. The number of halogens is 3. The van der Waals surface area contributed by atoms with E-state index in [0.717, 1.165) is 0 Å². The first-order valence-corrected chi connectivity index (χ1v) is 5.67. The summed E-state index contributed by atoms with van der Waals surface area (Å²) in [7, 11) is 0. The van der Waals surface area contributed by atoms with Crippen LogP contribution in [0.1, 0.15) is 33.1 Å². The third-order valence-electron chi connectivity index (χ3n) is 2.61. The SMILES string of the molecule is CC(C)CC1=NN(C(=O)CC#N)[C@](O)(C(F)(F)F)C1. The van der Waals surface area contributed by atoms with Gasteiger partial charge in [-0.25, -0.2) is 0 Å². The molecule has 0 unspecified atom stereocenters. The average molecular weight is 277 g/mol. The zero-order valence-corrected chi connectivity index (χ0v) is 10.5. The largest absolute Gasteiger partial charge is 0.438 e. The predicted octanol–water partition coefficient (Wildman–Crippen LogP) is 1.79. The molecule has 1 rings (SSSR count). The van der Waals surface area contributed by atoms with Gasteiger partial charge in [-0.3, -0.25) is 4.79 Å². The highest BCUT2D eigenvalue weighted by Gasteiger charge is 2.62. The van der Waals surface area contributed by atoms with Gasteiger partial charge in [-0.1, -0.05) is 13.8 Å². The second-order valence-electron chi connectivity index (χ2n) is 4.80. The summed E-state index contributed by atoms with van der Waals surface area (Å²) in [5.74, 6) is -1.12. The van der Waals surface area contributed by atoms with Crippen molar-refractivity contribution in [2.24, 2.45) is 11.0 Å². The van der Waals surface area contributed by atoms with E-state index in [4.69, 9.17) is 5.26 Å². The summed E-state index contributed by atoms with van der Waals surface area (Å²) in [6.45, 7) is 3.57. The Kier molecular flexibility index (Phi) is 4.20. The summed E-state index contributed by atoms with van der Waals surface area (Å²) in [5, 5.41) is 21.6. The van der Waals surface area contributed by atoms with E-state index in [1.165, 1.54) is 6.07 Å². The molecule has 0 aliphatic carbocycles. The van der Waals surface area contributed by atoms with Gasteiger partial charge in [-0.05, 0) is 12.3 Å². The van der Waals surface area contributed by atoms with Crippen LogP contribution < -0.4 is 0 Å². The highest BCUT2D eigenvalue weighted by molar-refractivity contribution is 5.91. The van der Waals surface area contributed by atoms with Crippen molar-refractivity contribution in [3.8, 4) is 6.07 Å². The second-order valence-corrected chi connectivity index (χ2v) is 4.80. The molecule has 1 heterocycles. The van der Waals surface area contributed by atoms with E-state index in [2.05, 4.69) is 5.10 Å². The summed E-state index contributed by atoms with van der Waals surface area (Å²) >= 11 is 0. The lowest BCUT2D eigenvalue weighted by molar-refractivity contribution is -0.302. The number of carbonyl (C=O) groups is 1. The zero-order chi connectivity index (χ0) is 14.8. The van der Waals surface area contributed by atoms with Crippen molar-refractivity contribution in [2.45, 2.75) is 45.0 Å². The van der Waals surface area contributed by atoms with Crippen molar-refractivity contribution in [1.82, 2.24) is 5.01 Å². The Morgan fingerprint density at radius 2 is 2.21 bits per heavy atom. The highest BCUT2D eigenvalue weighted by atomic mass is 19.4. The van der Waals surface area contributed by atoms with Crippen LogP contribution in [-0.4, -0.2) is 33.6 Å². The van der Waals surface area contributed by atoms with Crippen LogP contribution in [0.15, 0.2) is 5.10 Å². The molecule has 1 N–H and O–H groups in total. The van der Waals surface area contributed by atoms with Crippen molar-refractivity contribution in [1.29, 1.82) is 5.26 Å². The van der Waals surface area contributed by atoms with E-state index in [9.17, 15) is 23.1 Å². The summed E-state index contributed by atoms with van der Waals surface area (Å²) in [6, 6.07) is 1.45. The number of hydrazone groups is 1. The number of hydrogen-bond donors (Lipinski definition) is 1. The first kappa shape index (κ1) is 15.4. The molecule has 106 valence electrons. The van der Waals surface area contributed by atoms with Gasteiger partial charge in [0.15, 0.2) is 0 Å². The standard InChI is InChI=1S/C11H14F3N3O2/c1-7(2)5-8-6-10(19,11(12,13)14)17(16-8)9(18)3-4-15/h7,19H,3,5-6H2,1-2H3/t10-/m1/s1. The van der Waals surface area contributed by atoms with Gasteiger partial charge in [-0.2, -0.15) is 28.5 Å². The maximum absolute atomic E-state index is 12.9. The molecule has 19 heavy (non-hydrogen) atoms. The van der Waals surface area contributed by atoms with Crippen LogP contribution in [0.5, 0.6) is 0 Å². The zero-order valence-electron chi connectivity index (χ0n) is 10.5. The van der Waals surface area contributed by atoms with E-state index in [1.807, 2.05) is 0 Å². The van der Waals surface area contributed by atoms with E-state index in [1.54, 1.807) is 13.8 Å². The quantitative estimate of drug-likeness (QED) is 0.854. The monoisotopic (exact) mass is 277 g/mol. The number of alkyl halides is 3.